The topological polar surface area (TPSA) is 86.3 Å². The van der Waals surface area contributed by atoms with Crippen LogP contribution in [0.15, 0.2) is 108 Å². The number of amides is 2. The number of benzene rings is 4. The number of hydrogen-bond acceptors (Lipinski definition) is 6. The molecule has 4 aromatic carbocycles. The van der Waals surface area contributed by atoms with E-state index >= 15 is 0 Å². The van der Waals surface area contributed by atoms with Crippen LogP contribution >= 0.6 is 0 Å². The molecule has 4 aromatic rings. The van der Waals surface area contributed by atoms with Gasteiger partial charge in [-0.2, -0.15) is 5.10 Å². The average Bonchev–Trinajstić information content (AvgIpc) is 3.03. The van der Waals surface area contributed by atoms with Gasteiger partial charge in [-0.15, -0.1) is 0 Å². The Labute approximate surface area is 253 Å². The first kappa shape index (κ1) is 29.7. The van der Waals surface area contributed by atoms with Crippen molar-refractivity contribution in [1.29, 1.82) is 0 Å². The number of carbonyl (C=O) groups excluding carboxylic acids is 2. The van der Waals surface area contributed by atoms with E-state index in [-0.39, 0.29) is 18.4 Å². The molecular formula is C35H37N5O3. The van der Waals surface area contributed by atoms with Gasteiger partial charge in [-0.1, -0.05) is 60.2 Å². The van der Waals surface area contributed by atoms with E-state index in [1.165, 1.54) is 11.1 Å². The highest BCUT2D eigenvalue weighted by Gasteiger charge is 2.17. The highest BCUT2D eigenvalue weighted by atomic mass is 16.5. The number of hydrogen-bond donors (Lipinski definition) is 2. The fourth-order valence-corrected chi connectivity index (χ4v) is 4.83. The third kappa shape index (κ3) is 9.36. The summed E-state index contributed by atoms with van der Waals surface area (Å²) in [5.41, 5.74) is 8.33. The lowest BCUT2D eigenvalue weighted by molar-refractivity contribution is -0.118. The van der Waals surface area contributed by atoms with Crippen molar-refractivity contribution in [3.05, 3.63) is 131 Å². The van der Waals surface area contributed by atoms with Gasteiger partial charge in [-0.25, -0.2) is 5.43 Å². The Bertz CT molecular complexity index is 1500. The van der Waals surface area contributed by atoms with Crippen LogP contribution in [0.2, 0.25) is 0 Å². The van der Waals surface area contributed by atoms with Gasteiger partial charge in [0.1, 0.15) is 5.75 Å². The molecule has 2 N–H and O–H groups in total. The number of nitrogens with zero attached hydrogens (tertiary/aromatic N) is 3. The molecule has 0 radical (unpaired) electrons. The standard InChI is InChI=1S/C35H37N5O3/c1-27-7-15-32(16-8-27)37-34(41)26-43-33-17-11-28(12-18-33)23-36-38-35(42)31-13-9-30(10-14-31)25-40-21-19-39(20-22-40)24-29-5-3-2-4-6-29/h2-18,23H,19-22,24-26H2,1H3,(H,37,41)(H,38,42)/b36-23+. The second kappa shape index (κ2) is 14.9. The number of nitrogens with one attached hydrogen (secondary N) is 2. The van der Waals surface area contributed by atoms with E-state index in [1.54, 1.807) is 30.5 Å². The van der Waals surface area contributed by atoms with Crippen molar-refractivity contribution in [1.82, 2.24) is 15.2 Å². The summed E-state index contributed by atoms with van der Waals surface area (Å²) in [6.07, 6.45) is 1.57. The van der Waals surface area contributed by atoms with Gasteiger partial charge in [0.05, 0.1) is 6.21 Å². The summed E-state index contributed by atoms with van der Waals surface area (Å²) in [7, 11) is 0. The molecule has 8 nitrogen and oxygen atoms in total. The second-order valence-electron chi connectivity index (χ2n) is 10.7. The summed E-state index contributed by atoms with van der Waals surface area (Å²) in [4.78, 5) is 29.7. The van der Waals surface area contributed by atoms with Crippen molar-refractivity contribution in [2.45, 2.75) is 20.0 Å². The zero-order valence-electron chi connectivity index (χ0n) is 24.4. The van der Waals surface area contributed by atoms with Gasteiger partial charge in [0.2, 0.25) is 0 Å². The molecule has 8 heteroatoms. The second-order valence-corrected chi connectivity index (χ2v) is 10.7. The van der Waals surface area contributed by atoms with Gasteiger partial charge in [0.15, 0.2) is 6.61 Å². The fraction of sp³-hybridized carbons (Fsp3) is 0.229. The summed E-state index contributed by atoms with van der Waals surface area (Å²) in [5.74, 6) is 0.0638. The maximum Gasteiger partial charge on any atom is 0.271 e. The highest BCUT2D eigenvalue weighted by Crippen LogP contribution is 2.14. The van der Waals surface area contributed by atoms with Crippen LogP contribution in [0.25, 0.3) is 0 Å². The third-order valence-corrected chi connectivity index (χ3v) is 7.30. The molecule has 1 aliphatic rings. The molecule has 43 heavy (non-hydrogen) atoms. The van der Waals surface area contributed by atoms with Crippen molar-refractivity contribution in [2.75, 3.05) is 38.1 Å². The van der Waals surface area contributed by atoms with Crippen LogP contribution in [0, 0.1) is 6.92 Å². The Kier molecular flexibility index (Phi) is 10.3. The van der Waals surface area contributed by atoms with E-state index in [0.29, 0.717) is 11.3 Å². The zero-order chi connectivity index (χ0) is 29.9. The van der Waals surface area contributed by atoms with Crippen molar-refractivity contribution in [2.24, 2.45) is 5.10 Å². The molecule has 1 saturated heterocycles. The minimum atomic E-state index is -0.267. The van der Waals surface area contributed by atoms with Crippen LogP contribution in [-0.2, 0) is 17.9 Å². The first-order valence-corrected chi connectivity index (χ1v) is 14.5. The number of anilines is 1. The summed E-state index contributed by atoms with van der Waals surface area (Å²) in [5, 5.41) is 6.89. The van der Waals surface area contributed by atoms with E-state index in [1.807, 2.05) is 55.5 Å². The molecule has 0 bridgehead atoms. The SMILES string of the molecule is Cc1ccc(NC(=O)COc2ccc(/C=N/NC(=O)c3ccc(CN4CCN(Cc5ccccc5)CC4)cc3)cc2)cc1. The van der Waals surface area contributed by atoms with Crippen LogP contribution in [-0.4, -0.2) is 60.6 Å². The van der Waals surface area contributed by atoms with Gasteiger partial charge in [0.25, 0.3) is 11.8 Å². The molecule has 1 aliphatic heterocycles. The van der Waals surface area contributed by atoms with Gasteiger partial charge in [-0.3, -0.25) is 19.4 Å². The molecule has 1 heterocycles. The lowest BCUT2D eigenvalue weighted by Crippen LogP contribution is -2.45. The van der Waals surface area contributed by atoms with E-state index in [9.17, 15) is 9.59 Å². The van der Waals surface area contributed by atoms with Crippen molar-refractivity contribution in [3.8, 4) is 5.75 Å². The predicted octanol–water partition coefficient (Wildman–Crippen LogP) is 5.09. The molecule has 0 saturated carbocycles. The van der Waals surface area contributed by atoms with Crippen LogP contribution < -0.4 is 15.5 Å². The van der Waals surface area contributed by atoms with Gasteiger partial charge < -0.3 is 10.1 Å². The Morgan fingerprint density at radius 3 is 2.00 bits per heavy atom. The number of aryl methyl sites for hydroxylation is 1. The van der Waals surface area contributed by atoms with E-state index in [2.05, 4.69) is 56.0 Å². The quantitative estimate of drug-likeness (QED) is 0.192. The van der Waals surface area contributed by atoms with Crippen molar-refractivity contribution >= 4 is 23.7 Å². The number of carbonyl (C=O) groups is 2. The molecule has 0 aromatic heterocycles. The summed E-state index contributed by atoms with van der Waals surface area (Å²) in [6, 6.07) is 33.0. The molecule has 0 aliphatic carbocycles. The average molecular weight is 576 g/mol. The van der Waals surface area contributed by atoms with Gasteiger partial charge >= 0.3 is 0 Å². The van der Waals surface area contributed by atoms with E-state index in [4.69, 9.17) is 4.74 Å². The number of piperazine rings is 1. The third-order valence-electron chi connectivity index (χ3n) is 7.30. The van der Waals surface area contributed by atoms with Crippen LogP contribution in [0.5, 0.6) is 5.75 Å². The smallest absolute Gasteiger partial charge is 0.271 e. The number of rotatable bonds is 11. The maximum atomic E-state index is 12.6. The van der Waals surface area contributed by atoms with Crippen molar-refractivity contribution < 1.29 is 14.3 Å². The molecule has 0 spiro atoms. The monoisotopic (exact) mass is 575 g/mol. The zero-order valence-corrected chi connectivity index (χ0v) is 24.4. The largest absolute Gasteiger partial charge is 0.484 e. The normalized spacial score (nSPS) is 14.0. The van der Waals surface area contributed by atoms with E-state index in [0.717, 1.165) is 56.1 Å². The van der Waals surface area contributed by atoms with Crippen LogP contribution in [0.4, 0.5) is 5.69 Å². The Hall–Kier alpha value is -4.79. The van der Waals surface area contributed by atoms with Crippen LogP contribution in [0.3, 0.4) is 0 Å². The lowest BCUT2D eigenvalue weighted by Gasteiger charge is -2.34. The molecular weight excluding hydrogens is 538 g/mol. The van der Waals surface area contributed by atoms with Crippen LogP contribution in [0.1, 0.15) is 32.6 Å². The minimum absolute atomic E-state index is 0.0957. The molecule has 5 rings (SSSR count). The highest BCUT2D eigenvalue weighted by molar-refractivity contribution is 5.95. The summed E-state index contributed by atoms with van der Waals surface area (Å²) in [6.45, 7) is 7.92. The van der Waals surface area contributed by atoms with Gasteiger partial charge in [-0.05, 0) is 72.1 Å². The minimum Gasteiger partial charge on any atom is -0.484 e. The Balaban J connectivity index is 1.01. The predicted molar refractivity (Wildman–Crippen MR) is 170 cm³/mol. The molecule has 1 fully saturated rings. The number of ether oxygens (including phenoxy) is 1. The number of hydrazone groups is 1. The Morgan fingerprint density at radius 1 is 0.767 bits per heavy atom. The molecule has 2 amide bonds. The Morgan fingerprint density at radius 2 is 1.37 bits per heavy atom. The molecule has 220 valence electrons. The first-order chi connectivity index (χ1) is 21.0. The van der Waals surface area contributed by atoms with E-state index < -0.39 is 0 Å². The fourth-order valence-electron chi connectivity index (χ4n) is 4.83. The van der Waals surface area contributed by atoms with Gasteiger partial charge in [0, 0.05) is 50.5 Å². The maximum absolute atomic E-state index is 12.6. The lowest BCUT2D eigenvalue weighted by atomic mass is 10.1. The summed E-state index contributed by atoms with van der Waals surface area (Å²) >= 11 is 0. The molecule has 0 atom stereocenters. The first-order valence-electron chi connectivity index (χ1n) is 14.5. The van der Waals surface area contributed by atoms with Crippen molar-refractivity contribution in [3.63, 3.8) is 0 Å². The summed E-state index contributed by atoms with van der Waals surface area (Å²) < 4.78 is 5.57. The molecule has 0 unspecified atom stereocenters.